The van der Waals surface area contributed by atoms with Crippen LogP contribution in [0.4, 0.5) is 0 Å². The maximum absolute atomic E-state index is 12.8. The highest BCUT2D eigenvalue weighted by Gasteiger charge is 2.34. The number of amides is 1. The quantitative estimate of drug-likeness (QED) is 0.391. The Labute approximate surface area is 223 Å². The minimum Gasteiger partial charge on any atom is -0.506 e. The Morgan fingerprint density at radius 2 is 1.92 bits per heavy atom. The van der Waals surface area contributed by atoms with Crippen molar-refractivity contribution in [2.45, 2.75) is 6.92 Å². The van der Waals surface area contributed by atoms with Crippen LogP contribution < -0.4 is 9.47 Å². The molecule has 0 aromatic heterocycles. The number of aliphatic hydroxyl groups is 1. The summed E-state index contributed by atoms with van der Waals surface area (Å²) in [7, 11) is 1.39. The number of rotatable bonds is 8. The Hall–Kier alpha value is -3.28. The molecule has 0 unspecified atom stereocenters. The van der Waals surface area contributed by atoms with Crippen LogP contribution >= 0.6 is 39.3 Å². The van der Waals surface area contributed by atoms with Gasteiger partial charge in [-0.2, -0.15) is 0 Å². The molecule has 0 fully saturated rings. The zero-order valence-corrected chi connectivity index (χ0v) is 22.1. The van der Waals surface area contributed by atoms with Crippen molar-refractivity contribution in [1.29, 1.82) is 0 Å². The van der Waals surface area contributed by atoms with Crippen LogP contribution in [-0.4, -0.2) is 53.4 Å². The molecule has 0 saturated carbocycles. The van der Waals surface area contributed by atoms with Gasteiger partial charge in [-0.1, -0.05) is 51.4 Å². The van der Waals surface area contributed by atoms with E-state index in [-0.39, 0.29) is 44.2 Å². The first-order valence-corrected chi connectivity index (χ1v) is 12.2. The van der Waals surface area contributed by atoms with E-state index < -0.39 is 30.2 Å². The lowest BCUT2D eigenvalue weighted by molar-refractivity contribution is -0.139. The molecule has 0 saturated heterocycles. The Morgan fingerprint density at radius 1 is 1.19 bits per heavy atom. The van der Waals surface area contributed by atoms with Gasteiger partial charge in [-0.3, -0.25) is 4.79 Å². The van der Waals surface area contributed by atoms with E-state index in [9.17, 15) is 19.5 Å². The molecule has 12 heteroatoms. The Balaban J connectivity index is 2.04. The summed E-state index contributed by atoms with van der Waals surface area (Å²) in [5.74, 6) is -2.67. The molecular weight excluding hydrogens is 578 g/mol. The lowest BCUT2D eigenvalue weighted by Crippen LogP contribution is -2.14. The number of carbonyl (C=O) groups is 3. The summed E-state index contributed by atoms with van der Waals surface area (Å²) >= 11 is 10.4. The molecule has 188 valence electrons. The normalized spacial score (nSPS) is 15.3. The third-order valence-electron chi connectivity index (χ3n) is 4.60. The summed E-state index contributed by atoms with van der Waals surface area (Å²) < 4.78 is 16.1. The van der Waals surface area contributed by atoms with Crippen LogP contribution in [-0.2, 0) is 14.3 Å². The number of hydrogen-bond acceptors (Lipinski definition) is 8. The minimum absolute atomic E-state index is 0.0472. The number of carboxylic acids is 1. The number of benzene rings is 2. The van der Waals surface area contributed by atoms with Crippen LogP contribution in [0, 0.1) is 0 Å². The van der Waals surface area contributed by atoms with E-state index in [1.54, 1.807) is 25.1 Å². The van der Waals surface area contributed by atoms with E-state index in [4.69, 9.17) is 30.9 Å². The van der Waals surface area contributed by atoms with Crippen molar-refractivity contribution in [2.24, 2.45) is 4.99 Å². The second-order valence-corrected chi connectivity index (χ2v) is 9.26. The van der Waals surface area contributed by atoms with Crippen molar-refractivity contribution in [3.05, 3.63) is 73.3 Å². The van der Waals surface area contributed by atoms with Gasteiger partial charge >= 0.3 is 11.9 Å². The summed E-state index contributed by atoms with van der Waals surface area (Å²) in [4.78, 5) is 40.4. The van der Waals surface area contributed by atoms with Crippen molar-refractivity contribution in [3.8, 4) is 11.5 Å². The number of halogens is 2. The molecule has 36 heavy (non-hydrogen) atoms. The van der Waals surface area contributed by atoms with E-state index in [0.29, 0.717) is 10.0 Å². The van der Waals surface area contributed by atoms with E-state index in [0.717, 1.165) is 11.8 Å². The van der Waals surface area contributed by atoms with Crippen molar-refractivity contribution >= 4 is 68.3 Å². The van der Waals surface area contributed by atoms with Crippen LogP contribution in [0.2, 0.25) is 5.02 Å². The van der Waals surface area contributed by atoms with Crippen LogP contribution in [0.15, 0.2) is 62.1 Å². The van der Waals surface area contributed by atoms with Crippen molar-refractivity contribution in [3.63, 3.8) is 0 Å². The lowest BCUT2D eigenvalue weighted by atomic mass is 10.1. The number of aliphatic imine (C=N–C) groups is 1. The molecule has 0 spiro atoms. The van der Waals surface area contributed by atoms with E-state index in [1.807, 2.05) is 0 Å². The predicted molar refractivity (Wildman–Crippen MR) is 139 cm³/mol. The number of thioether (sulfide) groups is 1. The first kappa shape index (κ1) is 27.3. The average molecular weight is 597 g/mol. The Kier molecular flexibility index (Phi) is 9.19. The molecule has 1 amide bonds. The molecule has 1 heterocycles. The fourth-order valence-electron chi connectivity index (χ4n) is 2.99. The van der Waals surface area contributed by atoms with E-state index >= 15 is 0 Å². The molecule has 2 N–H and O–H groups in total. The highest BCUT2D eigenvalue weighted by molar-refractivity contribution is 9.10. The van der Waals surface area contributed by atoms with Gasteiger partial charge in [-0.05, 0) is 42.8 Å². The van der Waals surface area contributed by atoms with Gasteiger partial charge in [0.15, 0.2) is 18.1 Å². The highest BCUT2D eigenvalue weighted by atomic mass is 79.9. The minimum atomic E-state index is -1.15. The van der Waals surface area contributed by atoms with Crippen molar-refractivity contribution in [1.82, 2.24) is 0 Å². The third-order valence-corrected chi connectivity index (χ3v) is 6.63. The summed E-state index contributed by atoms with van der Waals surface area (Å²) in [5, 5.41) is 19.9. The summed E-state index contributed by atoms with van der Waals surface area (Å²) in [6, 6.07) is 9.39. The first-order valence-electron chi connectivity index (χ1n) is 10.3. The monoisotopic (exact) mass is 595 g/mol. The van der Waals surface area contributed by atoms with Crippen LogP contribution in [0.3, 0.4) is 0 Å². The fourth-order valence-corrected chi connectivity index (χ4v) is 4.65. The topological polar surface area (TPSA) is 132 Å². The number of hydrogen-bond donors (Lipinski definition) is 2. The van der Waals surface area contributed by atoms with E-state index in [1.165, 1.54) is 31.4 Å². The van der Waals surface area contributed by atoms with Gasteiger partial charge < -0.3 is 24.4 Å². The third kappa shape index (κ3) is 6.28. The molecular formula is C24H19BrClNO8S. The molecule has 1 aliphatic rings. The van der Waals surface area contributed by atoms with Gasteiger partial charge in [0.1, 0.15) is 16.4 Å². The zero-order chi connectivity index (χ0) is 26.4. The number of carbonyl (C=O) groups excluding carboxylic acids is 2. The van der Waals surface area contributed by atoms with Gasteiger partial charge in [0.2, 0.25) is 0 Å². The first-order chi connectivity index (χ1) is 17.2. The Bertz CT molecular complexity index is 1320. The number of aliphatic carboxylic acids is 1. The largest absolute Gasteiger partial charge is 0.506 e. The molecule has 2 aromatic carbocycles. The highest BCUT2D eigenvalue weighted by Crippen LogP contribution is 2.42. The van der Waals surface area contributed by atoms with Crippen molar-refractivity contribution in [2.75, 3.05) is 20.3 Å². The molecule has 0 bridgehead atoms. The molecule has 1 aliphatic heterocycles. The number of methoxy groups -OCH3 is 1. The van der Waals surface area contributed by atoms with Gasteiger partial charge in [-0.15, -0.1) is 0 Å². The van der Waals surface area contributed by atoms with Gasteiger partial charge in [0, 0.05) is 4.47 Å². The SMILES string of the molecule is CCOC(=O)C1=C(O)/C(=C/c2cc(OC)c(OCC(=O)O)cc2Br)SC1=NC(=O)c1ccccc1Cl. The van der Waals surface area contributed by atoms with Gasteiger partial charge in [-0.25, -0.2) is 14.6 Å². The molecule has 9 nitrogen and oxygen atoms in total. The van der Waals surface area contributed by atoms with Crippen molar-refractivity contribution < 1.29 is 38.8 Å². The Morgan fingerprint density at radius 3 is 2.56 bits per heavy atom. The number of aliphatic hydroxyl groups excluding tert-OH is 1. The average Bonchev–Trinajstić information content (AvgIpc) is 3.13. The molecule has 2 aromatic rings. The summed E-state index contributed by atoms with van der Waals surface area (Å²) in [6.45, 7) is 1.09. The predicted octanol–water partition coefficient (Wildman–Crippen LogP) is 5.28. The number of esters is 1. The summed E-state index contributed by atoms with van der Waals surface area (Å²) in [6.07, 6.45) is 1.54. The van der Waals surface area contributed by atoms with Gasteiger partial charge in [0.25, 0.3) is 5.91 Å². The standard InChI is InChI=1S/C24H19BrClNO8S/c1-3-34-24(32)20-21(30)18(36-23(20)27-22(31)13-6-4-5-7-15(13)26)9-12-8-16(33-2)17(10-14(12)25)35-11-19(28)29/h4-10,30H,3,11H2,1-2H3,(H,28,29)/b18-9-,27-23?. The summed E-state index contributed by atoms with van der Waals surface area (Å²) in [5.41, 5.74) is 0.389. The fraction of sp³-hybridized carbons (Fsp3) is 0.167. The number of carboxylic acid groups (broad SMARTS) is 1. The zero-order valence-electron chi connectivity index (χ0n) is 18.9. The number of ether oxygens (including phenoxy) is 3. The van der Waals surface area contributed by atoms with E-state index in [2.05, 4.69) is 20.9 Å². The maximum atomic E-state index is 12.8. The second kappa shape index (κ2) is 12.1. The number of nitrogens with zero attached hydrogens (tertiary/aromatic N) is 1. The van der Waals surface area contributed by atoms with Crippen LogP contribution in [0.25, 0.3) is 6.08 Å². The molecule has 0 radical (unpaired) electrons. The molecule has 3 rings (SSSR count). The second-order valence-electron chi connectivity index (χ2n) is 6.96. The van der Waals surface area contributed by atoms with Crippen LogP contribution in [0.5, 0.6) is 11.5 Å². The maximum Gasteiger partial charge on any atom is 0.344 e. The smallest absolute Gasteiger partial charge is 0.344 e. The lowest BCUT2D eigenvalue weighted by Gasteiger charge is -2.12. The molecule has 0 atom stereocenters. The van der Waals surface area contributed by atoms with Gasteiger partial charge in [0.05, 0.1) is 29.2 Å². The van der Waals surface area contributed by atoms with Crippen LogP contribution in [0.1, 0.15) is 22.8 Å². The molecule has 0 aliphatic carbocycles.